The first kappa shape index (κ1) is 15.7. The topological polar surface area (TPSA) is 36.9 Å². The van der Waals surface area contributed by atoms with Gasteiger partial charge in [-0.15, -0.1) is 0 Å². The van der Waals surface area contributed by atoms with Crippen molar-refractivity contribution in [3.8, 4) is 0 Å². The maximum absolute atomic E-state index is 13.4. The summed E-state index contributed by atoms with van der Waals surface area (Å²) in [4.78, 5) is 11.3. The molecule has 1 spiro atoms. The lowest BCUT2D eigenvalue weighted by molar-refractivity contribution is -0.557. The molecule has 0 aromatic carbocycles. The van der Waals surface area contributed by atoms with E-state index in [1.54, 1.807) is 6.92 Å². The zero-order valence-electron chi connectivity index (χ0n) is 13.4. The molecule has 0 radical (unpaired) electrons. The molecule has 1 aliphatic carbocycles. The van der Waals surface area contributed by atoms with Crippen molar-refractivity contribution in [1.82, 2.24) is 0 Å². The largest absolute Gasteiger partial charge is 0.456 e. The van der Waals surface area contributed by atoms with Crippen LogP contribution in [0.2, 0.25) is 0 Å². The Balaban J connectivity index is 1.87. The second-order valence-corrected chi connectivity index (χ2v) is 7.48. The summed E-state index contributed by atoms with van der Waals surface area (Å²) in [5.41, 5.74) is -0.782. The van der Waals surface area contributed by atoms with Crippen LogP contribution in [0.25, 0.3) is 0 Å². The first-order valence-electron chi connectivity index (χ1n) is 8.17. The number of ether oxygens (including phenoxy) is 2. The monoisotopic (exact) mass is 334 g/mol. The highest BCUT2D eigenvalue weighted by Gasteiger charge is 2.69. The summed E-state index contributed by atoms with van der Waals surface area (Å²) < 4.78 is 51.3. The molecule has 4 nitrogen and oxygen atoms in total. The predicted molar refractivity (Wildman–Crippen MR) is 72.6 cm³/mol. The Kier molecular flexibility index (Phi) is 3.17. The van der Waals surface area contributed by atoms with E-state index in [1.807, 2.05) is 0 Å². The zero-order valence-corrected chi connectivity index (χ0v) is 13.4. The van der Waals surface area contributed by atoms with E-state index in [1.165, 1.54) is 6.92 Å². The van der Waals surface area contributed by atoms with Gasteiger partial charge < -0.3 is 9.47 Å². The van der Waals surface area contributed by atoms with Crippen molar-refractivity contribution in [2.75, 3.05) is 0 Å². The van der Waals surface area contributed by atoms with Gasteiger partial charge in [-0.1, -0.05) is 6.92 Å². The highest BCUT2D eigenvalue weighted by molar-refractivity contribution is 5.26. The minimum absolute atomic E-state index is 0.0558. The molecular formula is C16H21F3O4. The zero-order chi connectivity index (χ0) is 16.6. The Morgan fingerprint density at radius 1 is 1.13 bits per heavy atom. The minimum Gasteiger partial charge on any atom is -0.456 e. The van der Waals surface area contributed by atoms with E-state index < -0.39 is 35.5 Å². The van der Waals surface area contributed by atoms with Crippen LogP contribution in [0, 0.1) is 17.8 Å². The third kappa shape index (κ3) is 2.02. The molecule has 0 amide bonds. The molecule has 0 N–H and O–H groups in total. The summed E-state index contributed by atoms with van der Waals surface area (Å²) in [6.07, 6.45) is -2.75. The maximum atomic E-state index is 13.4. The summed E-state index contributed by atoms with van der Waals surface area (Å²) in [7, 11) is 0. The Hall–Kier alpha value is -0.790. The van der Waals surface area contributed by atoms with E-state index >= 15 is 0 Å². The summed E-state index contributed by atoms with van der Waals surface area (Å²) in [5, 5.41) is 0. The fourth-order valence-electron chi connectivity index (χ4n) is 4.90. The Bertz CT molecular complexity index is 560. The van der Waals surface area contributed by atoms with Crippen molar-refractivity contribution in [2.24, 2.45) is 17.8 Å². The van der Waals surface area contributed by atoms with Crippen molar-refractivity contribution in [2.45, 2.75) is 70.3 Å². The van der Waals surface area contributed by atoms with Crippen molar-refractivity contribution in [1.29, 1.82) is 0 Å². The van der Waals surface area contributed by atoms with Gasteiger partial charge in [0, 0.05) is 18.3 Å². The highest BCUT2D eigenvalue weighted by atomic mass is 19.4. The van der Waals surface area contributed by atoms with Crippen LogP contribution >= 0.6 is 0 Å². The summed E-state index contributed by atoms with van der Waals surface area (Å²) in [5.74, 6) is -2.00. The Morgan fingerprint density at radius 2 is 1.87 bits per heavy atom. The number of alkyl halides is 3. The SMILES string of the molecule is CC1=C(C(F)(F)F)O[C@@H]2OC3(C)CCC4[C@H](C)CC[C@@H]1[C@]42OO3. The van der Waals surface area contributed by atoms with Gasteiger partial charge in [-0.3, -0.25) is 0 Å². The molecule has 4 fully saturated rings. The van der Waals surface area contributed by atoms with Gasteiger partial charge in [-0.2, -0.15) is 13.2 Å². The third-order valence-electron chi connectivity index (χ3n) is 6.08. The lowest BCUT2D eigenvalue weighted by Gasteiger charge is -2.57. The third-order valence-corrected chi connectivity index (χ3v) is 6.08. The smallest absolute Gasteiger partial charge is 0.448 e. The van der Waals surface area contributed by atoms with Gasteiger partial charge in [0.05, 0.1) is 0 Å². The molecule has 4 heterocycles. The molecule has 23 heavy (non-hydrogen) atoms. The van der Waals surface area contributed by atoms with Gasteiger partial charge >= 0.3 is 6.18 Å². The van der Waals surface area contributed by atoms with Crippen LogP contribution in [0.4, 0.5) is 13.2 Å². The van der Waals surface area contributed by atoms with Gasteiger partial charge in [-0.05, 0) is 44.6 Å². The van der Waals surface area contributed by atoms with E-state index in [0.717, 1.165) is 12.8 Å². The first-order valence-corrected chi connectivity index (χ1v) is 8.17. The van der Waals surface area contributed by atoms with Crippen molar-refractivity contribution < 1.29 is 32.4 Å². The standard InChI is InChI=1S/C16H21F3O4/c1-8-4-5-11-9(2)12(16(17,18)19)20-13-15(11)10(8)6-7-14(3,21-13)22-23-15/h8,10-11,13H,4-7H2,1-3H3/t8-,10?,11+,13-,14?,15-/m1/s1. The number of hydrogen-bond donors (Lipinski definition) is 0. The van der Waals surface area contributed by atoms with Crippen LogP contribution in [-0.2, 0) is 19.2 Å². The van der Waals surface area contributed by atoms with Gasteiger partial charge in [0.15, 0.2) is 5.60 Å². The van der Waals surface area contributed by atoms with Crippen LogP contribution in [0.1, 0.15) is 46.5 Å². The molecular weight excluding hydrogens is 313 g/mol. The second kappa shape index (κ2) is 4.64. The van der Waals surface area contributed by atoms with Crippen molar-refractivity contribution in [3.05, 3.63) is 11.3 Å². The molecule has 0 aromatic heterocycles. The number of allylic oxidation sites excluding steroid dienone is 1. The normalized spacial score (nSPS) is 49.5. The minimum atomic E-state index is -4.53. The molecule has 1 saturated carbocycles. The average molecular weight is 334 g/mol. The number of hydrogen-bond acceptors (Lipinski definition) is 4. The van der Waals surface area contributed by atoms with Crippen LogP contribution < -0.4 is 0 Å². The van der Waals surface area contributed by atoms with E-state index in [-0.39, 0.29) is 11.5 Å². The molecule has 4 aliphatic heterocycles. The molecule has 5 rings (SSSR count). The number of fused-ring (bicyclic) bond motifs is 2. The summed E-state index contributed by atoms with van der Waals surface area (Å²) in [6.45, 7) is 5.31. The lowest BCUT2D eigenvalue weighted by Crippen LogP contribution is -2.67. The molecule has 7 heteroatoms. The Morgan fingerprint density at radius 3 is 2.57 bits per heavy atom. The molecule has 130 valence electrons. The summed E-state index contributed by atoms with van der Waals surface area (Å²) >= 11 is 0. The predicted octanol–water partition coefficient (Wildman–Crippen LogP) is 4.07. The molecule has 6 atom stereocenters. The van der Waals surface area contributed by atoms with Crippen molar-refractivity contribution >= 4 is 0 Å². The molecule has 3 saturated heterocycles. The van der Waals surface area contributed by atoms with Crippen LogP contribution in [-0.4, -0.2) is 23.9 Å². The van der Waals surface area contributed by atoms with E-state index in [2.05, 4.69) is 6.92 Å². The highest BCUT2D eigenvalue weighted by Crippen LogP contribution is 2.61. The number of halogens is 3. The summed E-state index contributed by atoms with van der Waals surface area (Å²) in [6, 6.07) is 0. The fraction of sp³-hybridized carbons (Fsp3) is 0.875. The lowest BCUT2D eigenvalue weighted by atomic mass is 9.59. The van der Waals surface area contributed by atoms with Crippen LogP contribution in [0.15, 0.2) is 11.3 Å². The second-order valence-electron chi connectivity index (χ2n) is 7.48. The van der Waals surface area contributed by atoms with E-state index in [4.69, 9.17) is 19.2 Å². The Labute approximate surface area is 132 Å². The van der Waals surface area contributed by atoms with E-state index in [0.29, 0.717) is 18.8 Å². The van der Waals surface area contributed by atoms with Gasteiger partial charge in [0.25, 0.3) is 0 Å². The first-order chi connectivity index (χ1) is 10.7. The average Bonchev–Trinajstić information content (AvgIpc) is 2.68. The number of rotatable bonds is 0. The fourth-order valence-corrected chi connectivity index (χ4v) is 4.90. The molecule has 2 bridgehead atoms. The molecule has 5 aliphatic rings. The maximum Gasteiger partial charge on any atom is 0.448 e. The van der Waals surface area contributed by atoms with Gasteiger partial charge in [-0.25, -0.2) is 9.78 Å². The van der Waals surface area contributed by atoms with Gasteiger partial charge in [0.1, 0.15) is 0 Å². The van der Waals surface area contributed by atoms with E-state index in [9.17, 15) is 13.2 Å². The molecule has 0 aromatic rings. The van der Waals surface area contributed by atoms with Crippen molar-refractivity contribution in [3.63, 3.8) is 0 Å². The quantitative estimate of drug-likeness (QED) is 0.626. The molecule has 2 unspecified atom stereocenters. The van der Waals surface area contributed by atoms with Crippen LogP contribution in [0.5, 0.6) is 0 Å². The van der Waals surface area contributed by atoms with Crippen LogP contribution in [0.3, 0.4) is 0 Å². The van der Waals surface area contributed by atoms with Gasteiger partial charge in [0.2, 0.25) is 17.8 Å².